The Hall–Kier alpha value is -4.40. The van der Waals surface area contributed by atoms with Gasteiger partial charge in [-0.25, -0.2) is 9.78 Å². The van der Waals surface area contributed by atoms with E-state index in [4.69, 9.17) is 19.2 Å². The Labute approximate surface area is 268 Å². The molecule has 8 heteroatoms. The topological polar surface area (TPSA) is 64.1 Å². The van der Waals surface area contributed by atoms with Gasteiger partial charge in [-0.3, -0.25) is 0 Å². The molecule has 2 saturated heterocycles. The highest BCUT2D eigenvalue weighted by molar-refractivity contribution is 7.21. The molecule has 0 spiro atoms. The van der Waals surface area contributed by atoms with E-state index < -0.39 is 0 Å². The molecular weight excluding hydrogens is 582 g/mol. The highest BCUT2D eigenvalue weighted by atomic mass is 32.1. The average molecular weight is 620 g/mol. The molecule has 0 saturated carbocycles. The van der Waals surface area contributed by atoms with Crippen LogP contribution in [0.25, 0.3) is 20.8 Å². The Bertz CT molecular complexity index is 1720. The number of fused-ring (bicyclic) bond motifs is 1. The fraction of sp³-hybridized carbons (Fsp3) is 0.297. The van der Waals surface area contributed by atoms with Gasteiger partial charge >= 0.3 is 6.09 Å². The fourth-order valence-electron chi connectivity index (χ4n) is 6.24. The quantitative estimate of drug-likeness (QED) is 0.169. The summed E-state index contributed by atoms with van der Waals surface area (Å²) in [7, 11) is 1.69. The van der Waals surface area contributed by atoms with Crippen LogP contribution in [-0.4, -0.2) is 61.0 Å². The number of benzene rings is 4. The number of carbonyl (C=O) groups is 1. The van der Waals surface area contributed by atoms with E-state index in [1.54, 1.807) is 18.4 Å². The molecule has 2 aliphatic rings. The summed E-state index contributed by atoms with van der Waals surface area (Å²) in [6.07, 6.45) is 2.44. The second-order valence-electron chi connectivity index (χ2n) is 11.8. The number of thiazole rings is 1. The molecule has 5 aromatic rings. The average Bonchev–Trinajstić information content (AvgIpc) is 3.50. The molecule has 45 heavy (non-hydrogen) atoms. The Morgan fingerprint density at radius 2 is 1.62 bits per heavy atom. The molecule has 1 aromatic heterocycles. The second kappa shape index (κ2) is 13.3. The number of aromatic nitrogens is 1. The molecule has 7 rings (SSSR count). The molecule has 4 aromatic carbocycles. The van der Waals surface area contributed by atoms with Gasteiger partial charge in [0.1, 0.15) is 17.4 Å². The van der Waals surface area contributed by atoms with E-state index in [1.807, 2.05) is 59.5 Å². The van der Waals surface area contributed by atoms with Gasteiger partial charge in [-0.15, -0.1) is 11.3 Å². The zero-order valence-corrected chi connectivity index (χ0v) is 26.2. The number of hydrogen-bond acceptors (Lipinski definition) is 7. The largest absolute Gasteiger partial charge is 0.497 e. The molecule has 1 amide bonds. The van der Waals surface area contributed by atoms with Crippen LogP contribution in [0.4, 0.5) is 10.5 Å². The third-order valence-electron chi connectivity index (χ3n) is 8.73. The van der Waals surface area contributed by atoms with Crippen molar-refractivity contribution in [3.05, 3.63) is 114 Å². The molecule has 0 N–H and O–H groups in total. The van der Waals surface area contributed by atoms with Crippen molar-refractivity contribution in [2.45, 2.75) is 44.1 Å². The number of piperidine rings is 1. The van der Waals surface area contributed by atoms with E-state index in [1.165, 1.54) is 11.3 Å². The van der Waals surface area contributed by atoms with Gasteiger partial charge in [0.15, 0.2) is 0 Å². The first-order valence-corrected chi connectivity index (χ1v) is 16.4. The van der Waals surface area contributed by atoms with Crippen LogP contribution >= 0.6 is 11.3 Å². The van der Waals surface area contributed by atoms with Gasteiger partial charge in [0.2, 0.25) is 0 Å². The minimum Gasteiger partial charge on any atom is -0.497 e. The minimum atomic E-state index is -0.248. The van der Waals surface area contributed by atoms with Crippen LogP contribution in [0.5, 0.6) is 5.75 Å². The number of methoxy groups -OCH3 is 1. The summed E-state index contributed by atoms with van der Waals surface area (Å²) in [4.78, 5) is 22.3. The van der Waals surface area contributed by atoms with E-state index in [0.29, 0.717) is 6.54 Å². The van der Waals surface area contributed by atoms with E-state index in [0.717, 1.165) is 64.5 Å². The Morgan fingerprint density at radius 3 is 2.36 bits per heavy atom. The number of nitrogens with zero attached hydrogens (tertiary/aromatic N) is 3. The Balaban J connectivity index is 0.942. The summed E-state index contributed by atoms with van der Waals surface area (Å²) >= 11 is 1.68. The number of carbonyl (C=O) groups excluding carboxylic acids is 1. The van der Waals surface area contributed by atoms with Crippen molar-refractivity contribution in [2.75, 3.05) is 31.6 Å². The zero-order chi connectivity index (χ0) is 30.6. The summed E-state index contributed by atoms with van der Waals surface area (Å²) in [5.41, 5.74) is 5.51. The lowest BCUT2D eigenvalue weighted by molar-refractivity contribution is -0.0643. The van der Waals surface area contributed by atoms with Crippen molar-refractivity contribution in [2.24, 2.45) is 0 Å². The zero-order valence-electron chi connectivity index (χ0n) is 25.4. The molecule has 0 bridgehead atoms. The van der Waals surface area contributed by atoms with Crippen LogP contribution < -0.4 is 9.64 Å². The van der Waals surface area contributed by atoms with Gasteiger partial charge in [0.05, 0.1) is 29.5 Å². The normalized spacial score (nSPS) is 18.5. The lowest BCUT2D eigenvalue weighted by atomic mass is 9.93. The van der Waals surface area contributed by atoms with Crippen molar-refractivity contribution in [3.8, 4) is 16.3 Å². The number of likely N-dealkylation sites (tertiary alicyclic amines) is 1. The predicted molar refractivity (Wildman–Crippen MR) is 179 cm³/mol. The number of anilines is 1. The molecule has 7 nitrogen and oxygen atoms in total. The first-order valence-electron chi connectivity index (χ1n) is 15.6. The third-order valence-corrected chi connectivity index (χ3v) is 9.80. The number of amides is 1. The van der Waals surface area contributed by atoms with Crippen LogP contribution in [0.2, 0.25) is 0 Å². The monoisotopic (exact) mass is 619 g/mol. The summed E-state index contributed by atoms with van der Waals surface area (Å²) < 4.78 is 18.8. The van der Waals surface area contributed by atoms with E-state index in [9.17, 15) is 4.79 Å². The maximum absolute atomic E-state index is 13.2. The smallest absolute Gasteiger partial charge is 0.410 e. The summed E-state index contributed by atoms with van der Waals surface area (Å²) in [5, 5.41) is 1.01. The maximum Gasteiger partial charge on any atom is 0.410 e. The Morgan fingerprint density at radius 1 is 0.889 bits per heavy atom. The predicted octanol–water partition coefficient (Wildman–Crippen LogP) is 7.59. The first-order chi connectivity index (χ1) is 22.1. The lowest BCUT2D eigenvalue weighted by Gasteiger charge is -2.45. The molecule has 0 aliphatic carbocycles. The van der Waals surface area contributed by atoms with Crippen LogP contribution in [0.3, 0.4) is 0 Å². The van der Waals surface area contributed by atoms with Gasteiger partial charge in [0, 0.05) is 36.9 Å². The highest BCUT2D eigenvalue weighted by Gasteiger charge is 2.36. The van der Waals surface area contributed by atoms with Crippen LogP contribution in [0.15, 0.2) is 103 Å². The third kappa shape index (κ3) is 6.82. The molecule has 2 unspecified atom stereocenters. The number of rotatable bonds is 9. The molecule has 2 atom stereocenters. The SMILES string of the molecule is COc1ccc2nc(-c3ccc(N4CC(OC5CCN(C(=O)OCc6ccccc6)C(Cc6ccccc6)C5)C4)cc3)sc2c1. The van der Waals surface area contributed by atoms with E-state index in [-0.39, 0.29) is 30.9 Å². The number of hydrogen-bond donors (Lipinski definition) is 0. The van der Waals surface area contributed by atoms with Crippen molar-refractivity contribution in [1.82, 2.24) is 9.88 Å². The fourth-order valence-corrected chi connectivity index (χ4v) is 7.24. The summed E-state index contributed by atoms with van der Waals surface area (Å²) in [5.74, 6) is 0.848. The van der Waals surface area contributed by atoms with Gasteiger partial charge in [-0.1, -0.05) is 60.7 Å². The second-order valence-corrected chi connectivity index (χ2v) is 12.8. The number of ether oxygens (including phenoxy) is 3. The summed E-state index contributed by atoms with van der Waals surface area (Å²) in [6, 6.07) is 34.9. The molecule has 230 valence electrons. The standard InChI is InChI=1S/C37H37N3O4S/c1-42-31-16-17-34-35(22-31)45-36(38-34)28-12-14-29(15-13-28)39-23-33(24-39)44-32-18-19-40(30(21-32)20-26-8-4-2-5-9-26)37(41)43-25-27-10-6-3-7-11-27/h2-17,22,30,32-33H,18-21,23-25H2,1H3. The van der Waals surface area contributed by atoms with Crippen LogP contribution in [-0.2, 0) is 22.5 Å². The first kappa shape index (κ1) is 29.3. The van der Waals surface area contributed by atoms with Crippen LogP contribution in [0.1, 0.15) is 24.0 Å². The van der Waals surface area contributed by atoms with Crippen molar-refractivity contribution >= 4 is 33.3 Å². The highest BCUT2D eigenvalue weighted by Crippen LogP contribution is 2.34. The minimum absolute atomic E-state index is 0.0294. The maximum atomic E-state index is 13.2. The van der Waals surface area contributed by atoms with E-state index >= 15 is 0 Å². The van der Waals surface area contributed by atoms with Crippen molar-refractivity contribution in [3.63, 3.8) is 0 Å². The van der Waals surface area contributed by atoms with Gasteiger partial charge in [-0.2, -0.15) is 0 Å². The molecule has 3 heterocycles. The molecular formula is C37H37N3O4S. The molecule has 2 aliphatic heterocycles. The van der Waals surface area contributed by atoms with Gasteiger partial charge in [0.25, 0.3) is 0 Å². The van der Waals surface area contributed by atoms with Crippen molar-refractivity contribution in [1.29, 1.82) is 0 Å². The molecule has 2 fully saturated rings. The van der Waals surface area contributed by atoms with Crippen molar-refractivity contribution < 1.29 is 19.0 Å². The summed E-state index contributed by atoms with van der Waals surface area (Å²) in [6.45, 7) is 2.64. The van der Waals surface area contributed by atoms with E-state index in [2.05, 4.69) is 53.4 Å². The van der Waals surface area contributed by atoms with Gasteiger partial charge in [-0.05, 0) is 72.9 Å². The van der Waals surface area contributed by atoms with Crippen LogP contribution in [0, 0.1) is 0 Å². The lowest BCUT2D eigenvalue weighted by Crippen LogP contribution is -2.56. The molecule has 0 radical (unpaired) electrons. The van der Waals surface area contributed by atoms with Gasteiger partial charge < -0.3 is 24.0 Å². The Kier molecular flexibility index (Phi) is 8.67.